The van der Waals surface area contributed by atoms with E-state index in [-0.39, 0.29) is 17.6 Å². The summed E-state index contributed by atoms with van der Waals surface area (Å²) in [6.07, 6.45) is 4.42. The maximum atomic E-state index is 12.8. The third-order valence-corrected chi connectivity index (χ3v) is 4.91. The van der Waals surface area contributed by atoms with Gasteiger partial charge in [-0.2, -0.15) is 0 Å². The van der Waals surface area contributed by atoms with Gasteiger partial charge in [-0.3, -0.25) is 9.59 Å². The first kappa shape index (κ1) is 15.7. The monoisotopic (exact) mass is 340 g/mol. The molecule has 2 aliphatic rings. The highest BCUT2D eigenvalue weighted by atomic mass is 16.2. The molecule has 1 aromatic heterocycles. The number of rotatable bonds is 2. The Labute approximate surface area is 145 Å². The quantitative estimate of drug-likeness (QED) is 0.823. The summed E-state index contributed by atoms with van der Waals surface area (Å²) < 4.78 is 1.38. The van der Waals surface area contributed by atoms with Gasteiger partial charge in [-0.25, -0.2) is 4.68 Å². The van der Waals surface area contributed by atoms with Crippen LogP contribution < -0.4 is 9.80 Å². The second-order valence-corrected chi connectivity index (χ2v) is 6.50. The van der Waals surface area contributed by atoms with Gasteiger partial charge < -0.3 is 9.80 Å². The van der Waals surface area contributed by atoms with E-state index in [0.717, 1.165) is 49.2 Å². The van der Waals surface area contributed by atoms with E-state index in [1.54, 1.807) is 11.9 Å². The fourth-order valence-electron chi connectivity index (χ4n) is 3.53. The first-order valence-electron chi connectivity index (χ1n) is 8.62. The zero-order valence-electron chi connectivity index (χ0n) is 14.2. The van der Waals surface area contributed by atoms with Crippen LogP contribution in [0.15, 0.2) is 18.2 Å². The number of tetrazole rings is 1. The maximum absolute atomic E-state index is 12.8. The summed E-state index contributed by atoms with van der Waals surface area (Å²) in [5.41, 5.74) is 2.82. The predicted octanol–water partition coefficient (Wildman–Crippen LogP) is 1.32. The van der Waals surface area contributed by atoms with Crippen molar-refractivity contribution in [2.45, 2.75) is 32.1 Å². The number of carbonyl (C=O) groups excluding carboxylic acids is 2. The lowest BCUT2D eigenvalue weighted by molar-refractivity contribution is -0.118. The first-order chi connectivity index (χ1) is 12.1. The highest BCUT2D eigenvalue weighted by molar-refractivity contribution is 6.05. The minimum Gasteiger partial charge on any atom is -0.312 e. The highest BCUT2D eigenvalue weighted by Crippen LogP contribution is 2.34. The van der Waals surface area contributed by atoms with Crippen molar-refractivity contribution in [3.8, 4) is 0 Å². The van der Waals surface area contributed by atoms with Gasteiger partial charge in [0.05, 0.1) is 0 Å². The molecule has 25 heavy (non-hydrogen) atoms. The Morgan fingerprint density at radius 2 is 2.00 bits per heavy atom. The Kier molecular flexibility index (Phi) is 3.95. The van der Waals surface area contributed by atoms with Crippen LogP contribution in [0.1, 0.15) is 41.9 Å². The Morgan fingerprint density at radius 3 is 2.80 bits per heavy atom. The molecule has 130 valence electrons. The molecular weight excluding hydrogens is 320 g/mol. The van der Waals surface area contributed by atoms with Crippen LogP contribution in [0.4, 0.5) is 11.4 Å². The predicted molar refractivity (Wildman–Crippen MR) is 91.4 cm³/mol. The van der Waals surface area contributed by atoms with E-state index in [2.05, 4.69) is 15.5 Å². The van der Waals surface area contributed by atoms with Gasteiger partial charge >= 0.3 is 0 Å². The van der Waals surface area contributed by atoms with Crippen molar-refractivity contribution < 1.29 is 9.59 Å². The van der Waals surface area contributed by atoms with Crippen LogP contribution in [-0.4, -0.2) is 45.1 Å². The molecule has 0 spiro atoms. The summed E-state index contributed by atoms with van der Waals surface area (Å²) in [5.74, 6) is 0.153. The smallest absolute Gasteiger partial charge is 0.297 e. The minimum atomic E-state index is -0.217. The van der Waals surface area contributed by atoms with Crippen molar-refractivity contribution in [3.05, 3.63) is 29.6 Å². The summed E-state index contributed by atoms with van der Waals surface area (Å²) in [7, 11) is 1.65. The second kappa shape index (κ2) is 6.27. The van der Waals surface area contributed by atoms with Crippen molar-refractivity contribution >= 4 is 23.2 Å². The lowest BCUT2D eigenvalue weighted by atomic mass is 10.1. The average Bonchev–Trinajstić information content (AvgIpc) is 3.16. The SMILES string of the molecule is Cn1nnnc1C(=O)N1CCc2ccc(N3CCCCCC3=O)cc21. The molecule has 8 heteroatoms. The van der Waals surface area contributed by atoms with Gasteiger partial charge in [-0.05, 0) is 47.4 Å². The number of benzene rings is 1. The third kappa shape index (κ3) is 2.77. The van der Waals surface area contributed by atoms with E-state index in [0.29, 0.717) is 13.0 Å². The van der Waals surface area contributed by atoms with Crippen LogP contribution in [0, 0.1) is 0 Å². The Morgan fingerprint density at radius 1 is 1.12 bits per heavy atom. The Balaban J connectivity index is 1.66. The van der Waals surface area contributed by atoms with Crippen LogP contribution in [0.25, 0.3) is 0 Å². The highest BCUT2D eigenvalue weighted by Gasteiger charge is 2.30. The van der Waals surface area contributed by atoms with Crippen LogP contribution in [-0.2, 0) is 18.3 Å². The fourth-order valence-corrected chi connectivity index (χ4v) is 3.53. The standard InChI is InChI=1S/C17H20N6O2/c1-21-16(18-19-20-21)17(25)23-10-8-12-6-7-13(11-14(12)23)22-9-4-2-3-5-15(22)24/h6-7,11H,2-5,8-10H2,1H3. The van der Waals surface area contributed by atoms with Crippen LogP contribution in [0.3, 0.4) is 0 Å². The number of amides is 2. The van der Waals surface area contributed by atoms with Crippen molar-refractivity contribution in [1.82, 2.24) is 20.2 Å². The number of aryl methyl sites for hydroxylation is 1. The van der Waals surface area contributed by atoms with Gasteiger partial charge in [0.1, 0.15) is 0 Å². The fraction of sp³-hybridized carbons (Fsp3) is 0.471. The Bertz CT molecular complexity index is 830. The zero-order valence-corrected chi connectivity index (χ0v) is 14.2. The molecule has 0 N–H and O–H groups in total. The maximum Gasteiger partial charge on any atom is 0.297 e. The van der Waals surface area contributed by atoms with E-state index < -0.39 is 0 Å². The molecule has 0 unspecified atom stereocenters. The zero-order chi connectivity index (χ0) is 17.4. The number of anilines is 2. The second-order valence-electron chi connectivity index (χ2n) is 6.50. The lowest BCUT2D eigenvalue weighted by Crippen LogP contribution is -2.32. The number of fused-ring (bicyclic) bond motifs is 1. The molecule has 0 atom stereocenters. The van der Waals surface area contributed by atoms with Crippen molar-refractivity contribution in [2.75, 3.05) is 22.9 Å². The molecule has 0 bridgehead atoms. The normalized spacial score (nSPS) is 17.6. The van der Waals surface area contributed by atoms with Crippen LogP contribution >= 0.6 is 0 Å². The molecule has 1 saturated heterocycles. The van der Waals surface area contributed by atoms with Crippen LogP contribution in [0.2, 0.25) is 0 Å². The summed E-state index contributed by atoms with van der Waals surface area (Å²) in [6.45, 7) is 1.33. The topological polar surface area (TPSA) is 84.2 Å². The van der Waals surface area contributed by atoms with E-state index in [1.165, 1.54) is 4.68 Å². The van der Waals surface area contributed by atoms with Gasteiger partial charge in [-0.1, -0.05) is 12.5 Å². The molecule has 8 nitrogen and oxygen atoms in total. The molecule has 1 aromatic carbocycles. The molecule has 0 radical (unpaired) electrons. The average molecular weight is 340 g/mol. The summed E-state index contributed by atoms with van der Waals surface area (Å²) >= 11 is 0. The molecule has 2 aromatic rings. The molecule has 2 amide bonds. The summed E-state index contributed by atoms with van der Waals surface area (Å²) in [5, 5.41) is 11.1. The molecule has 0 saturated carbocycles. The van der Waals surface area contributed by atoms with Gasteiger partial charge in [0.15, 0.2) is 0 Å². The van der Waals surface area contributed by atoms with Gasteiger partial charge in [0.2, 0.25) is 11.7 Å². The number of hydrogen-bond donors (Lipinski definition) is 0. The van der Waals surface area contributed by atoms with E-state index in [1.807, 2.05) is 23.1 Å². The van der Waals surface area contributed by atoms with E-state index >= 15 is 0 Å². The number of carbonyl (C=O) groups is 2. The molecular formula is C17H20N6O2. The van der Waals surface area contributed by atoms with E-state index in [4.69, 9.17) is 0 Å². The molecule has 3 heterocycles. The molecule has 2 aliphatic heterocycles. The lowest BCUT2D eigenvalue weighted by Gasteiger charge is -2.23. The third-order valence-electron chi connectivity index (χ3n) is 4.91. The van der Waals surface area contributed by atoms with E-state index in [9.17, 15) is 9.59 Å². The Hall–Kier alpha value is -2.77. The first-order valence-corrected chi connectivity index (χ1v) is 8.62. The largest absolute Gasteiger partial charge is 0.312 e. The van der Waals surface area contributed by atoms with Crippen molar-refractivity contribution in [1.29, 1.82) is 0 Å². The van der Waals surface area contributed by atoms with Gasteiger partial charge in [-0.15, -0.1) is 5.10 Å². The number of aromatic nitrogens is 4. The van der Waals surface area contributed by atoms with Gasteiger partial charge in [0.25, 0.3) is 5.91 Å². The number of hydrogen-bond acceptors (Lipinski definition) is 5. The number of nitrogens with zero attached hydrogens (tertiary/aromatic N) is 6. The summed E-state index contributed by atoms with van der Waals surface area (Å²) in [4.78, 5) is 28.7. The summed E-state index contributed by atoms with van der Waals surface area (Å²) in [6, 6.07) is 5.96. The van der Waals surface area contributed by atoms with Crippen molar-refractivity contribution in [3.63, 3.8) is 0 Å². The van der Waals surface area contributed by atoms with Crippen LogP contribution in [0.5, 0.6) is 0 Å². The molecule has 1 fully saturated rings. The molecule has 0 aliphatic carbocycles. The van der Waals surface area contributed by atoms with Gasteiger partial charge in [0, 0.05) is 37.9 Å². The molecule has 4 rings (SSSR count). The minimum absolute atomic E-state index is 0.158. The van der Waals surface area contributed by atoms with Crippen molar-refractivity contribution in [2.24, 2.45) is 7.05 Å².